The van der Waals surface area contributed by atoms with Crippen LogP contribution in [0.2, 0.25) is 0 Å². The van der Waals surface area contributed by atoms with E-state index in [1.165, 1.54) is 0 Å². The van der Waals surface area contributed by atoms with Gasteiger partial charge in [0, 0.05) is 12.6 Å². The largest absolute Gasteiger partial charge is 0.478 e. The predicted octanol–water partition coefficient (Wildman–Crippen LogP) is 1.90. The van der Waals surface area contributed by atoms with Gasteiger partial charge in [0.2, 0.25) is 0 Å². The number of nitro groups is 1. The normalized spacial score (nSPS) is 13.8. The van der Waals surface area contributed by atoms with Gasteiger partial charge in [-0.1, -0.05) is 13.8 Å². The average molecular weight is 297 g/mol. The SMILES string of the molecule is CC(C)CC(C)(O)CNc1ncc([N+](=O)[O-])cc1C(=O)O. The topological polar surface area (TPSA) is 126 Å². The minimum atomic E-state index is -1.32. The van der Waals surface area contributed by atoms with Gasteiger partial charge in [0.15, 0.2) is 0 Å². The molecule has 0 aliphatic carbocycles. The van der Waals surface area contributed by atoms with Gasteiger partial charge in [0.25, 0.3) is 5.69 Å². The summed E-state index contributed by atoms with van der Waals surface area (Å²) in [5.74, 6) is -1.06. The van der Waals surface area contributed by atoms with Gasteiger partial charge in [-0.3, -0.25) is 10.1 Å². The average Bonchev–Trinajstić information content (AvgIpc) is 2.34. The van der Waals surface area contributed by atoms with E-state index in [-0.39, 0.29) is 23.8 Å². The molecule has 0 radical (unpaired) electrons. The first-order valence-corrected chi connectivity index (χ1v) is 6.46. The first-order chi connectivity index (χ1) is 9.62. The molecule has 1 heterocycles. The van der Waals surface area contributed by atoms with Crippen molar-refractivity contribution in [1.29, 1.82) is 0 Å². The first kappa shape index (κ1) is 16.8. The second kappa shape index (κ2) is 6.49. The third kappa shape index (κ3) is 4.99. The summed E-state index contributed by atoms with van der Waals surface area (Å²) in [5, 5.41) is 32.6. The van der Waals surface area contributed by atoms with Crippen LogP contribution >= 0.6 is 0 Å². The number of rotatable bonds is 7. The van der Waals surface area contributed by atoms with Crippen molar-refractivity contribution < 1.29 is 19.9 Å². The Morgan fingerprint density at radius 2 is 2.19 bits per heavy atom. The van der Waals surface area contributed by atoms with Crippen LogP contribution in [0.4, 0.5) is 11.5 Å². The van der Waals surface area contributed by atoms with E-state index in [1.807, 2.05) is 13.8 Å². The lowest BCUT2D eigenvalue weighted by Crippen LogP contribution is -2.35. The molecule has 21 heavy (non-hydrogen) atoms. The number of anilines is 1. The van der Waals surface area contributed by atoms with Gasteiger partial charge in [0.05, 0.1) is 10.5 Å². The molecule has 0 saturated carbocycles. The fourth-order valence-electron chi connectivity index (χ4n) is 2.08. The van der Waals surface area contributed by atoms with E-state index < -0.39 is 22.2 Å². The lowest BCUT2D eigenvalue weighted by Gasteiger charge is -2.26. The standard InChI is InChI=1S/C13H19N3O5/c1-8(2)5-13(3,19)7-15-11-10(12(17)18)4-9(6-14-11)16(20)21/h4,6,8,19H,5,7H2,1-3H3,(H,14,15)(H,17,18). The van der Waals surface area contributed by atoms with E-state index in [9.17, 15) is 20.0 Å². The molecule has 0 saturated heterocycles. The third-order valence-corrected chi connectivity index (χ3v) is 2.80. The van der Waals surface area contributed by atoms with Crippen molar-refractivity contribution in [3.63, 3.8) is 0 Å². The fraction of sp³-hybridized carbons (Fsp3) is 0.538. The lowest BCUT2D eigenvalue weighted by molar-refractivity contribution is -0.385. The molecule has 0 fully saturated rings. The number of aromatic nitrogens is 1. The summed E-state index contributed by atoms with van der Waals surface area (Å²) in [6.07, 6.45) is 1.50. The third-order valence-electron chi connectivity index (χ3n) is 2.80. The Bertz CT molecular complexity index is 543. The van der Waals surface area contributed by atoms with Crippen molar-refractivity contribution in [3.05, 3.63) is 27.9 Å². The number of aliphatic hydroxyl groups is 1. The summed E-state index contributed by atoms with van der Waals surface area (Å²) in [5.41, 5.74) is -1.73. The van der Waals surface area contributed by atoms with Crippen molar-refractivity contribution in [2.24, 2.45) is 5.92 Å². The van der Waals surface area contributed by atoms with Gasteiger partial charge in [0.1, 0.15) is 17.6 Å². The molecule has 0 amide bonds. The molecular weight excluding hydrogens is 278 g/mol. The quantitative estimate of drug-likeness (QED) is 0.518. The molecule has 0 spiro atoms. The number of carbonyl (C=O) groups is 1. The Balaban J connectivity index is 2.93. The van der Waals surface area contributed by atoms with Crippen molar-refractivity contribution in [2.45, 2.75) is 32.8 Å². The second-order valence-electron chi connectivity index (χ2n) is 5.60. The Hall–Kier alpha value is -2.22. The van der Waals surface area contributed by atoms with Gasteiger partial charge in [-0.05, 0) is 19.3 Å². The Labute approximate surface area is 122 Å². The molecule has 3 N–H and O–H groups in total. The maximum Gasteiger partial charge on any atom is 0.339 e. The second-order valence-corrected chi connectivity index (χ2v) is 5.60. The van der Waals surface area contributed by atoms with Crippen molar-refractivity contribution >= 4 is 17.5 Å². The van der Waals surface area contributed by atoms with Gasteiger partial charge in [-0.25, -0.2) is 9.78 Å². The molecule has 1 unspecified atom stereocenters. The number of aromatic carboxylic acids is 1. The maximum absolute atomic E-state index is 11.1. The highest BCUT2D eigenvalue weighted by Crippen LogP contribution is 2.21. The van der Waals surface area contributed by atoms with Crippen LogP contribution in [-0.4, -0.2) is 38.2 Å². The van der Waals surface area contributed by atoms with Gasteiger partial charge >= 0.3 is 5.97 Å². The number of nitrogens with zero attached hydrogens (tertiary/aromatic N) is 2. The summed E-state index contributed by atoms with van der Waals surface area (Å²) in [6, 6.07) is 0.939. The fourth-order valence-corrected chi connectivity index (χ4v) is 2.08. The summed E-state index contributed by atoms with van der Waals surface area (Å²) >= 11 is 0. The number of nitrogens with one attached hydrogen (secondary N) is 1. The Morgan fingerprint density at radius 1 is 1.57 bits per heavy atom. The molecule has 8 heteroatoms. The minimum Gasteiger partial charge on any atom is -0.478 e. The van der Waals surface area contributed by atoms with E-state index in [4.69, 9.17) is 5.11 Å². The van der Waals surface area contributed by atoms with E-state index in [0.29, 0.717) is 6.42 Å². The Kier molecular flexibility index (Phi) is 5.20. The van der Waals surface area contributed by atoms with Crippen LogP contribution in [0.1, 0.15) is 37.6 Å². The molecule has 1 aromatic rings. The highest BCUT2D eigenvalue weighted by atomic mass is 16.6. The molecule has 0 bridgehead atoms. The highest BCUT2D eigenvalue weighted by molar-refractivity contribution is 5.93. The Morgan fingerprint density at radius 3 is 2.67 bits per heavy atom. The number of hydrogen-bond acceptors (Lipinski definition) is 6. The zero-order valence-electron chi connectivity index (χ0n) is 12.2. The predicted molar refractivity (Wildman–Crippen MR) is 76.4 cm³/mol. The zero-order chi connectivity index (χ0) is 16.2. The molecule has 1 atom stereocenters. The van der Waals surface area contributed by atoms with Crippen molar-refractivity contribution in [1.82, 2.24) is 4.98 Å². The number of pyridine rings is 1. The van der Waals surface area contributed by atoms with Gasteiger partial charge in [-0.15, -0.1) is 0 Å². The van der Waals surface area contributed by atoms with E-state index in [2.05, 4.69) is 10.3 Å². The number of hydrogen-bond donors (Lipinski definition) is 3. The van der Waals surface area contributed by atoms with Crippen LogP contribution in [0.5, 0.6) is 0 Å². The van der Waals surface area contributed by atoms with Gasteiger partial charge in [-0.2, -0.15) is 0 Å². The molecule has 0 aliphatic rings. The molecule has 0 aliphatic heterocycles. The van der Waals surface area contributed by atoms with Crippen LogP contribution in [0.15, 0.2) is 12.3 Å². The molecule has 1 aromatic heterocycles. The van der Waals surface area contributed by atoms with E-state index in [1.54, 1.807) is 6.92 Å². The van der Waals surface area contributed by atoms with E-state index >= 15 is 0 Å². The van der Waals surface area contributed by atoms with E-state index in [0.717, 1.165) is 12.3 Å². The smallest absolute Gasteiger partial charge is 0.339 e. The van der Waals surface area contributed by atoms with Crippen molar-refractivity contribution in [2.75, 3.05) is 11.9 Å². The summed E-state index contributed by atoms with van der Waals surface area (Å²) < 4.78 is 0. The number of carboxylic acid groups (broad SMARTS) is 1. The summed E-state index contributed by atoms with van der Waals surface area (Å²) in [6.45, 7) is 5.64. The molecular formula is C13H19N3O5. The molecule has 8 nitrogen and oxygen atoms in total. The van der Waals surface area contributed by atoms with Crippen molar-refractivity contribution in [3.8, 4) is 0 Å². The van der Waals surface area contributed by atoms with Crippen LogP contribution in [0.3, 0.4) is 0 Å². The summed E-state index contributed by atoms with van der Waals surface area (Å²) in [7, 11) is 0. The lowest BCUT2D eigenvalue weighted by atomic mass is 9.94. The minimum absolute atomic E-state index is 0.00266. The summed E-state index contributed by atoms with van der Waals surface area (Å²) in [4.78, 5) is 24.8. The maximum atomic E-state index is 11.1. The van der Waals surface area contributed by atoms with Gasteiger partial charge < -0.3 is 15.5 Å². The van der Waals surface area contributed by atoms with Crippen LogP contribution in [0, 0.1) is 16.0 Å². The number of carboxylic acids is 1. The highest BCUT2D eigenvalue weighted by Gasteiger charge is 2.24. The van der Waals surface area contributed by atoms with Crippen LogP contribution in [-0.2, 0) is 0 Å². The molecule has 116 valence electrons. The first-order valence-electron chi connectivity index (χ1n) is 6.46. The molecule has 0 aromatic carbocycles. The van der Waals surface area contributed by atoms with Crippen LogP contribution in [0.25, 0.3) is 0 Å². The monoisotopic (exact) mass is 297 g/mol. The zero-order valence-corrected chi connectivity index (χ0v) is 12.2. The molecule has 1 rings (SSSR count). The van der Waals surface area contributed by atoms with Crippen LogP contribution < -0.4 is 5.32 Å².